The number of unbranched alkanes of at least 4 members (excludes halogenated alkanes) is 29. The molecule has 0 fully saturated rings. The second kappa shape index (κ2) is 55.4. The van der Waals surface area contributed by atoms with Gasteiger partial charge in [-0.15, -0.1) is 0 Å². The molecule has 1 unspecified atom stereocenters. The molecule has 0 N–H and O–H groups in total. The van der Waals surface area contributed by atoms with Gasteiger partial charge in [0.15, 0.2) is 6.10 Å². The van der Waals surface area contributed by atoms with E-state index in [1.165, 1.54) is 141 Å². The fourth-order valence-electron chi connectivity index (χ4n) is 7.95. The molecule has 0 aromatic rings. The maximum Gasteiger partial charge on any atom is 0.306 e. The molecule has 0 spiro atoms. The fourth-order valence-corrected chi connectivity index (χ4v) is 7.95. The third-order valence-corrected chi connectivity index (χ3v) is 12.2. The molecule has 0 aliphatic carbocycles. The summed E-state index contributed by atoms with van der Waals surface area (Å²) in [5, 5.41) is 0. The zero-order valence-electron chi connectivity index (χ0n) is 44.2. The summed E-state index contributed by atoms with van der Waals surface area (Å²) in [5.41, 5.74) is 0. The van der Waals surface area contributed by atoms with Crippen LogP contribution < -0.4 is 0 Å². The highest BCUT2D eigenvalue weighted by Gasteiger charge is 2.19. The van der Waals surface area contributed by atoms with E-state index in [2.05, 4.69) is 93.7 Å². The Morgan fingerprint density at radius 1 is 0.328 bits per heavy atom. The Balaban J connectivity index is 4.42. The normalized spacial score (nSPS) is 12.6. The molecular formula is C61H106O6. The quantitative estimate of drug-likeness (QED) is 0.0199. The van der Waals surface area contributed by atoms with Crippen molar-refractivity contribution in [2.24, 2.45) is 0 Å². The molecule has 0 bridgehead atoms. The monoisotopic (exact) mass is 935 g/mol. The lowest BCUT2D eigenvalue weighted by Gasteiger charge is -2.18. The van der Waals surface area contributed by atoms with Crippen molar-refractivity contribution in [2.45, 2.75) is 284 Å². The zero-order valence-corrected chi connectivity index (χ0v) is 44.2. The molecule has 6 heteroatoms. The summed E-state index contributed by atoms with van der Waals surface area (Å²) in [5.74, 6) is -0.925. The molecule has 0 rings (SSSR count). The van der Waals surface area contributed by atoms with Crippen LogP contribution in [-0.4, -0.2) is 37.2 Å². The van der Waals surface area contributed by atoms with Gasteiger partial charge in [0, 0.05) is 19.3 Å². The van der Waals surface area contributed by atoms with Crippen LogP contribution >= 0.6 is 0 Å². The van der Waals surface area contributed by atoms with Crippen molar-refractivity contribution >= 4 is 17.9 Å². The van der Waals surface area contributed by atoms with Crippen molar-refractivity contribution in [3.8, 4) is 0 Å². The van der Waals surface area contributed by atoms with Gasteiger partial charge < -0.3 is 14.2 Å². The minimum atomic E-state index is -0.796. The summed E-state index contributed by atoms with van der Waals surface area (Å²) in [4.78, 5) is 38.1. The summed E-state index contributed by atoms with van der Waals surface area (Å²) in [7, 11) is 0. The number of rotatable bonds is 51. The topological polar surface area (TPSA) is 78.9 Å². The fraction of sp³-hybridized carbons (Fsp3) is 0.754. The van der Waals surface area contributed by atoms with E-state index in [-0.39, 0.29) is 31.1 Å². The highest BCUT2D eigenvalue weighted by Crippen LogP contribution is 2.16. The number of ether oxygens (including phenoxy) is 3. The standard InChI is InChI=1S/C61H106O6/c1-4-7-10-13-16-19-22-25-28-30-31-34-36-39-42-45-48-51-54-60(63)66-57-58(56-65-59(62)53-50-47-44-41-38-35-32-27-24-21-18-15-12-9-6-3)67-61(64)55-52-49-46-43-40-37-33-29-26-23-20-17-14-11-8-5-2/h8,11,17-18,20-21,24,26-27,29,37,40,58H,4-7,9-10,12-16,19,22-23,25,28,30-36,38-39,41-57H2,1-3H3/b11-8-,20-17-,21-18-,27-24-,29-26-,40-37-. The first-order valence-electron chi connectivity index (χ1n) is 28.5. The average molecular weight is 936 g/mol. The van der Waals surface area contributed by atoms with Crippen molar-refractivity contribution in [3.63, 3.8) is 0 Å². The Morgan fingerprint density at radius 3 is 1.04 bits per heavy atom. The lowest BCUT2D eigenvalue weighted by Crippen LogP contribution is -2.30. The summed E-state index contributed by atoms with van der Waals surface area (Å²) >= 11 is 0. The van der Waals surface area contributed by atoms with Gasteiger partial charge in [-0.05, 0) is 83.5 Å². The molecule has 1 atom stereocenters. The summed E-state index contributed by atoms with van der Waals surface area (Å²) in [6.07, 6.45) is 70.3. The van der Waals surface area contributed by atoms with Crippen molar-refractivity contribution in [2.75, 3.05) is 13.2 Å². The Morgan fingerprint density at radius 2 is 0.627 bits per heavy atom. The van der Waals surface area contributed by atoms with Gasteiger partial charge >= 0.3 is 17.9 Å². The second-order valence-electron chi connectivity index (χ2n) is 18.9. The molecule has 0 saturated carbocycles. The van der Waals surface area contributed by atoms with Crippen LogP contribution in [0.3, 0.4) is 0 Å². The van der Waals surface area contributed by atoms with E-state index < -0.39 is 6.10 Å². The van der Waals surface area contributed by atoms with Crippen molar-refractivity contribution in [1.29, 1.82) is 0 Å². The molecule has 386 valence electrons. The first kappa shape index (κ1) is 63.8. The summed E-state index contributed by atoms with van der Waals surface area (Å²) in [6, 6.07) is 0. The van der Waals surface area contributed by atoms with Crippen LogP contribution in [-0.2, 0) is 28.6 Å². The van der Waals surface area contributed by atoms with Crippen LogP contribution in [0.25, 0.3) is 0 Å². The number of hydrogen-bond acceptors (Lipinski definition) is 6. The molecule has 0 aromatic heterocycles. The number of carbonyl (C=O) groups excluding carboxylic acids is 3. The number of hydrogen-bond donors (Lipinski definition) is 0. The Labute approximate surface area is 414 Å². The average Bonchev–Trinajstić information content (AvgIpc) is 3.33. The highest BCUT2D eigenvalue weighted by atomic mass is 16.6. The van der Waals surface area contributed by atoms with Crippen LogP contribution in [0.2, 0.25) is 0 Å². The van der Waals surface area contributed by atoms with Crippen LogP contribution in [0.4, 0.5) is 0 Å². The van der Waals surface area contributed by atoms with Crippen LogP contribution in [0.1, 0.15) is 278 Å². The van der Waals surface area contributed by atoms with Crippen molar-refractivity contribution in [3.05, 3.63) is 72.9 Å². The molecule has 0 heterocycles. The minimum absolute atomic E-state index is 0.0901. The summed E-state index contributed by atoms with van der Waals surface area (Å²) < 4.78 is 16.8. The number of carbonyl (C=O) groups is 3. The molecule has 0 amide bonds. The first-order chi connectivity index (χ1) is 33.0. The summed E-state index contributed by atoms with van der Waals surface area (Å²) in [6.45, 7) is 6.48. The van der Waals surface area contributed by atoms with E-state index in [9.17, 15) is 14.4 Å². The van der Waals surface area contributed by atoms with Gasteiger partial charge in [0.05, 0.1) is 0 Å². The van der Waals surface area contributed by atoms with Gasteiger partial charge in [0.25, 0.3) is 0 Å². The van der Waals surface area contributed by atoms with Gasteiger partial charge in [0.1, 0.15) is 13.2 Å². The van der Waals surface area contributed by atoms with E-state index in [4.69, 9.17) is 14.2 Å². The maximum atomic E-state index is 12.8. The molecule has 67 heavy (non-hydrogen) atoms. The third-order valence-electron chi connectivity index (χ3n) is 12.2. The van der Waals surface area contributed by atoms with Crippen LogP contribution in [0.5, 0.6) is 0 Å². The van der Waals surface area contributed by atoms with Crippen molar-refractivity contribution in [1.82, 2.24) is 0 Å². The van der Waals surface area contributed by atoms with E-state index >= 15 is 0 Å². The van der Waals surface area contributed by atoms with Gasteiger partial charge in [-0.1, -0.05) is 248 Å². The lowest BCUT2D eigenvalue weighted by atomic mass is 10.0. The largest absolute Gasteiger partial charge is 0.462 e. The van der Waals surface area contributed by atoms with Gasteiger partial charge in [-0.25, -0.2) is 0 Å². The van der Waals surface area contributed by atoms with Gasteiger partial charge in [-0.2, -0.15) is 0 Å². The van der Waals surface area contributed by atoms with Gasteiger partial charge in [0.2, 0.25) is 0 Å². The Bertz CT molecular complexity index is 1260. The predicted molar refractivity (Wildman–Crippen MR) is 288 cm³/mol. The molecular weight excluding hydrogens is 829 g/mol. The van der Waals surface area contributed by atoms with E-state index in [1.807, 2.05) is 0 Å². The van der Waals surface area contributed by atoms with E-state index in [0.717, 1.165) is 96.3 Å². The SMILES string of the molecule is CC/C=C\C/C=C\C/C=C\C/C=C\CCCCCC(=O)OC(COC(=O)CCCCCCCC/C=C\C=C/CCCCC)COC(=O)CCCCCCCCCCCCCCCCCCCC. The Kier molecular flexibility index (Phi) is 52.8. The van der Waals surface area contributed by atoms with E-state index in [1.54, 1.807) is 0 Å². The molecule has 0 aromatic carbocycles. The molecule has 0 radical (unpaired) electrons. The van der Waals surface area contributed by atoms with Gasteiger partial charge in [-0.3, -0.25) is 14.4 Å². The first-order valence-corrected chi connectivity index (χ1v) is 28.5. The maximum absolute atomic E-state index is 12.8. The smallest absolute Gasteiger partial charge is 0.306 e. The lowest BCUT2D eigenvalue weighted by molar-refractivity contribution is -0.167. The van der Waals surface area contributed by atoms with Crippen LogP contribution in [0.15, 0.2) is 72.9 Å². The molecule has 0 aliphatic rings. The Hall–Kier alpha value is -3.15. The molecule has 0 saturated heterocycles. The predicted octanol–water partition coefficient (Wildman–Crippen LogP) is 19.0. The zero-order chi connectivity index (χ0) is 48.6. The van der Waals surface area contributed by atoms with Crippen LogP contribution in [0, 0.1) is 0 Å². The van der Waals surface area contributed by atoms with Crippen molar-refractivity contribution < 1.29 is 28.6 Å². The second-order valence-corrected chi connectivity index (χ2v) is 18.9. The third kappa shape index (κ3) is 53.7. The minimum Gasteiger partial charge on any atom is -0.462 e. The molecule has 6 nitrogen and oxygen atoms in total. The highest BCUT2D eigenvalue weighted by molar-refractivity contribution is 5.71. The number of allylic oxidation sites excluding steroid dienone is 12. The molecule has 0 aliphatic heterocycles. The van der Waals surface area contributed by atoms with E-state index in [0.29, 0.717) is 19.3 Å². The number of esters is 3.